The number of rotatable bonds is 5. The highest BCUT2D eigenvalue weighted by molar-refractivity contribution is 5.81. The summed E-state index contributed by atoms with van der Waals surface area (Å²) in [7, 11) is 4.11. The lowest BCUT2D eigenvalue weighted by Gasteiger charge is -2.14. The Kier molecular flexibility index (Phi) is 4.02. The van der Waals surface area contributed by atoms with E-state index in [0.29, 0.717) is 12.5 Å². The van der Waals surface area contributed by atoms with Crippen molar-refractivity contribution in [1.82, 2.24) is 10.2 Å². The molecule has 1 amide bonds. The number of nitrogens with zero attached hydrogens (tertiary/aromatic N) is 1. The zero-order chi connectivity index (χ0) is 13.1. The molecule has 1 fully saturated rings. The number of carbonyl (C=O) groups is 1. The average molecular weight is 246 g/mol. The third-order valence-corrected chi connectivity index (χ3v) is 3.50. The molecular weight excluding hydrogens is 224 g/mol. The molecule has 0 aliphatic heterocycles. The van der Waals surface area contributed by atoms with Crippen LogP contribution in [0.4, 0.5) is 0 Å². The summed E-state index contributed by atoms with van der Waals surface area (Å²) in [5, 5.41) is 3.05. The second-order valence-corrected chi connectivity index (χ2v) is 5.54. The van der Waals surface area contributed by atoms with Crippen molar-refractivity contribution in [3.05, 3.63) is 35.4 Å². The van der Waals surface area contributed by atoms with Gasteiger partial charge in [-0.3, -0.25) is 4.79 Å². The quantitative estimate of drug-likeness (QED) is 0.862. The van der Waals surface area contributed by atoms with Crippen LogP contribution in [0.15, 0.2) is 24.3 Å². The van der Waals surface area contributed by atoms with E-state index in [2.05, 4.69) is 43.4 Å². The van der Waals surface area contributed by atoms with Crippen molar-refractivity contribution in [2.45, 2.75) is 26.4 Å². The molecule has 2 rings (SSSR count). The fraction of sp³-hybridized carbons (Fsp3) is 0.533. The lowest BCUT2D eigenvalue weighted by atomic mass is 10.1. The summed E-state index contributed by atoms with van der Waals surface area (Å²) in [6, 6.07) is 8.30. The Morgan fingerprint density at radius 3 is 2.50 bits per heavy atom. The van der Waals surface area contributed by atoms with Crippen LogP contribution < -0.4 is 5.32 Å². The van der Waals surface area contributed by atoms with Gasteiger partial charge in [-0.25, -0.2) is 0 Å². The maximum Gasteiger partial charge on any atom is 0.223 e. The summed E-state index contributed by atoms with van der Waals surface area (Å²) < 4.78 is 0. The van der Waals surface area contributed by atoms with Gasteiger partial charge in [0.15, 0.2) is 0 Å². The third kappa shape index (κ3) is 3.33. The predicted molar refractivity (Wildman–Crippen MR) is 73.0 cm³/mol. The number of carbonyl (C=O) groups excluding carboxylic acids is 1. The molecule has 0 saturated heterocycles. The monoisotopic (exact) mass is 246 g/mol. The Hall–Kier alpha value is -1.35. The highest BCUT2D eigenvalue weighted by Crippen LogP contribution is 2.37. The van der Waals surface area contributed by atoms with E-state index in [1.807, 2.05) is 12.1 Å². The van der Waals surface area contributed by atoms with Gasteiger partial charge < -0.3 is 10.2 Å². The highest BCUT2D eigenvalue weighted by Gasteiger charge is 2.38. The Bertz CT molecular complexity index is 428. The molecule has 0 bridgehead atoms. The third-order valence-electron chi connectivity index (χ3n) is 3.50. The van der Waals surface area contributed by atoms with E-state index >= 15 is 0 Å². The number of amides is 1. The molecule has 18 heavy (non-hydrogen) atoms. The van der Waals surface area contributed by atoms with Crippen molar-refractivity contribution >= 4 is 5.91 Å². The Balaban J connectivity index is 1.94. The van der Waals surface area contributed by atoms with Gasteiger partial charge in [-0.15, -0.1) is 0 Å². The van der Waals surface area contributed by atoms with Gasteiger partial charge in [0.2, 0.25) is 5.91 Å². The van der Waals surface area contributed by atoms with Crippen LogP contribution >= 0.6 is 0 Å². The SMILES string of the molecule is C[C@H]1C[C@@H]1C(=O)NCc1ccccc1CN(C)C. The topological polar surface area (TPSA) is 32.3 Å². The molecule has 0 radical (unpaired) electrons. The number of nitrogens with one attached hydrogen (secondary N) is 1. The van der Waals surface area contributed by atoms with E-state index in [1.54, 1.807) is 0 Å². The first-order chi connectivity index (χ1) is 8.58. The smallest absolute Gasteiger partial charge is 0.223 e. The molecule has 1 aliphatic rings. The van der Waals surface area contributed by atoms with Crippen molar-refractivity contribution < 1.29 is 4.79 Å². The summed E-state index contributed by atoms with van der Waals surface area (Å²) in [5.74, 6) is 1.04. The minimum absolute atomic E-state index is 0.210. The molecule has 3 nitrogen and oxygen atoms in total. The zero-order valence-electron chi connectivity index (χ0n) is 11.4. The molecule has 0 spiro atoms. The molecule has 0 unspecified atom stereocenters. The summed E-state index contributed by atoms with van der Waals surface area (Å²) in [4.78, 5) is 13.9. The van der Waals surface area contributed by atoms with Crippen LogP contribution in [-0.2, 0) is 17.9 Å². The van der Waals surface area contributed by atoms with Gasteiger partial charge in [0.05, 0.1) is 0 Å². The van der Waals surface area contributed by atoms with Crippen LogP contribution in [0.5, 0.6) is 0 Å². The number of hydrogen-bond acceptors (Lipinski definition) is 2. The molecule has 3 heteroatoms. The van der Waals surface area contributed by atoms with E-state index in [4.69, 9.17) is 0 Å². The van der Waals surface area contributed by atoms with Gasteiger partial charge in [-0.1, -0.05) is 31.2 Å². The van der Waals surface area contributed by atoms with Crippen molar-refractivity contribution in [3.63, 3.8) is 0 Å². The van der Waals surface area contributed by atoms with Gasteiger partial charge in [0.1, 0.15) is 0 Å². The van der Waals surface area contributed by atoms with E-state index < -0.39 is 0 Å². The molecular formula is C15H22N2O. The highest BCUT2D eigenvalue weighted by atomic mass is 16.2. The number of hydrogen-bond donors (Lipinski definition) is 1. The average Bonchev–Trinajstić information content (AvgIpc) is 3.04. The lowest BCUT2D eigenvalue weighted by Crippen LogP contribution is -2.25. The maximum atomic E-state index is 11.8. The molecule has 1 aromatic carbocycles. The minimum Gasteiger partial charge on any atom is -0.352 e. The van der Waals surface area contributed by atoms with E-state index in [9.17, 15) is 4.79 Å². The van der Waals surface area contributed by atoms with Gasteiger partial charge >= 0.3 is 0 Å². The van der Waals surface area contributed by atoms with Gasteiger partial charge in [0.25, 0.3) is 0 Å². The second-order valence-electron chi connectivity index (χ2n) is 5.54. The Labute approximate surface area is 109 Å². The van der Waals surface area contributed by atoms with E-state index in [1.165, 1.54) is 11.1 Å². The molecule has 0 heterocycles. The van der Waals surface area contributed by atoms with Crippen molar-refractivity contribution in [1.29, 1.82) is 0 Å². The van der Waals surface area contributed by atoms with Gasteiger partial charge in [0, 0.05) is 19.0 Å². The van der Waals surface area contributed by atoms with Crippen molar-refractivity contribution in [2.24, 2.45) is 11.8 Å². The van der Waals surface area contributed by atoms with Crippen molar-refractivity contribution in [2.75, 3.05) is 14.1 Å². The first-order valence-corrected chi connectivity index (χ1v) is 6.57. The van der Waals surface area contributed by atoms with E-state index in [-0.39, 0.29) is 11.8 Å². The Morgan fingerprint density at radius 1 is 1.33 bits per heavy atom. The molecule has 98 valence electrons. The molecule has 1 N–H and O–H groups in total. The van der Waals surface area contributed by atoms with Crippen molar-refractivity contribution in [3.8, 4) is 0 Å². The fourth-order valence-electron chi connectivity index (χ4n) is 2.23. The van der Waals surface area contributed by atoms with Gasteiger partial charge in [-0.2, -0.15) is 0 Å². The standard InChI is InChI=1S/C15H22N2O/c1-11-8-14(11)15(18)16-9-12-6-4-5-7-13(12)10-17(2)3/h4-7,11,14H,8-10H2,1-3H3,(H,16,18)/t11-,14-/m0/s1. The largest absolute Gasteiger partial charge is 0.352 e. The van der Waals surface area contributed by atoms with Gasteiger partial charge in [-0.05, 0) is 37.6 Å². The molecule has 1 aliphatic carbocycles. The lowest BCUT2D eigenvalue weighted by molar-refractivity contribution is -0.122. The van der Waals surface area contributed by atoms with Crippen LogP contribution in [0.3, 0.4) is 0 Å². The first-order valence-electron chi connectivity index (χ1n) is 6.57. The van der Waals surface area contributed by atoms with Crippen LogP contribution in [0.1, 0.15) is 24.5 Å². The number of benzene rings is 1. The summed E-state index contributed by atoms with van der Waals surface area (Å²) >= 11 is 0. The van der Waals surface area contributed by atoms with Crippen LogP contribution in [0.2, 0.25) is 0 Å². The molecule has 1 aromatic rings. The predicted octanol–water partition coefficient (Wildman–Crippen LogP) is 2.02. The minimum atomic E-state index is 0.210. The summed E-state index contributed by atoms with van der Waals surface area (Å²) in [6.07, 6.45) is 1.05. The Morgan fingerprint density at radius 2 is 1.94 bits per heavy atom. The zero-order valence-corrected chi connectivity index (χ0v) is 11.4. The fourth-order valence-corrected chi connectivity index (χ4v) is 2.23. The first kappa shape index (κ1) is 13.1. The molecule has 0 aromatic heterocycles. The maximum absolute atomic E-state index is 11.8. The van der Waals surface area contributed by atoms with E-state index in [0.717, 1.165) is 13.0 Å². The van der Waals surface area contributed by atoms with Crippen LogP contribution in [0.25, 0.3) is 0 Å². The summed E-state index contributed by atoms with van der Waals surface area (Å²) in [5.41, 5.74) is 2.50. The second kappa shape index (κ2) is 5.53. The molecule has 1 saturated carbocycles. The summed E-state index contributed by atoms with van der Waals surface area (Å²) in [6.45, 7) is 3.68. The van der Waals surface area contributed by atoms with Crippen LogP contribution in [-0.4, -0.2) is 24.9 Å². The normalized spacial score (nSPS) is 22.0. The molecule has 2 atom stereocenters. The van der Waals surface area contributed by atoms with Crippen LogP contribution in [0, 0.1) is 11.8 Å².